The zero-order valence-corrected chi connectivity index (χ0v) is 28.1. The molecule has 6 aromatic rings. The topological polar surface area (TPSA) is 42.6 Å². The Kier molecular flexibility index (Phi) is 7.00. The molecule has 0 fully saturated rings. The summed E-state index contributed by atoms with van der Waals surface area (Å²) in [5.74, 6) is 3.50. The third kappa shape index (κ3) is 4.59. The van der Waals surface area contributed by atoms with E-state index in [0.717, 1.165) is 29.5 Å². The summed E-state index contributed by atoms with van der Waals surface area (Å²) in [4.78, 5) is 17.4. The van der Waals surface area contributed by atoms with Crippen molar-refractivity contribution in [3.63, 3.8) is 0 Å². The molecular weight excluding hydrogens is 557 g/mol. The Morgan fingerprint density at radius 1 is 0.750 bits per heavy atom. The van der Waals surface area contributed by atoms with E-state index < -0.39 is 0 Å². The van der Waals surface area contributed by atoms with Crippen molar-refractivity contribution in [3.8, 4) is 22.6 Å². The Labute approximate surface area is 265 Å². The van der Waals surface area contributed by atoms with Gasteiger partial charge in [-0.25, -0.2) is 19.5 Å². The van der Waals surface area contributed by atoms with Gasteiger partial charge < -0.3 is 0 Å². The number of aryl methyl sites for hydroxylation is 3. The van der Waals surface area contributed by atoms with Gasteiger partial charge in [0.15, 0.2) is 12.0 Å². The second kappa shape index (κ2) is 10.7. The summed E-state index contributed by atoms with van der Waals surface area (Å²) in [6.45, 7) is 17.8. The van der Waals surface area contributed by atoms with Crippen LogP contribution in [0.2, 0.25) is 0 Å². The van der Waals surface area contributed by atoms with Crippen molar-refractivity contribution in [1.82, 2.24) is 15.0 Å². The number of rotatable bonds is 5. The van der Waals surface area contributed by atoms with Crippen molar-refractivity contribution in [1.29, 1.82) is 0 Å². The van der Waals surface area contributed by atoms with Gasteiger partial charge in [-0.15, -0.1) is 0 Å². The monoisotopic (exact) mass is 597 g/mol. The fourth-order valence-corrected chi connectivity index (χ4v) is 8.14. The quantitative estimate of drug-likeness (QED) is 0.146. The van der Waals surface area contributed by atoms with Gasteiger partial charge in [0.1, 0.15) is 18.7 Å². The maximum absolute atomic E-state index is 4.93. The van der Waals surface area contributed by atoms with E-state index in [1.807, 2.05) is 11.8 Å². The van der Waals surface area contributed by atoms with E-state index in [0.29, 0.717) is 5.92 Å². The summed E-state index contributed by atoms with van der Waals surface area (Å²) in [5, 5.41) is 7.87. The summed E-state index contributed by atoms with van der Waals surface area (Å²) in [6, 6.07) is 18.4. The normalized spacial score (nSPS) is 12.8. The number of hydrogen-bond donors (Lipinski definition) is 0. The van der Waals surface area contributed by atoms with E-state index in [9.17, 15) is 0 Å². The van der Waals surface area contributed by atoms with Crippen LogP contribution in [0.5, 0.6) is 0 Å². The average Bonchev–Trinajstić information content (AvgIpc) is 2.99. The lowest BCUT2D eigenvalue weighted by atomic mass is 9.87. The van der Waals surface area contributed by atoms with Crippen LogP contribution in [0.4, 0.5) is 0 Å². The molecule has 1 aliphatic heterocycles. The Morgan fingerprint density at radius 2 is 1.48 bits per heavy atom. The Bertz CT molecular complexity index is 2120. The molecule has 7 rings (SSSR count). The molecule has 0 unspecified atom stereocenters. The fraction of sp³-hybridized carbons (Fsp3) is 0.333. The molecule has 0 spiro atoms. The van der Waals surface area contributed by atoms with Crippen LogP contribution in [-0.2, 0) is 13.5 Å². The highest BCUT2D eigenvalue weighted by Crippen LogP contribution is 2.53. The lowest BCUT2D eigenvalue weighted by Gasteiger charge is -2.26. The van der Waals surface area contributed by atoms with E-state index in [-0.39, 0.29) is 11.8 Å². The molecule has 4 nitrogen and oxygen atoms in total. The Balaban J connectivity index is 1.53. The largest absolute Gasteiger partial charge is 0.222 e. The third-order valence-electron chi connectivity index (χ3n) is 9.00. The average molecular weight is 598 g/mol. The minimum atomic E-state index is 0.235. The smallest absolute Gasteiger partial charge is 0.217 e. The van der Waals surface area contributed by atoms with Gasteiger partial charge in [-0.3, -0.25) is 0 Å². The van der Waals surface area contributed by atoms with Crippen molar-refractivity contribution in [2.24, 2.45) is 13.0 Å². The molecule has 0 saturated heterocycles. The van der Waals surface area contributed by atoms with Crippen molar-refractivity contribution >= 4 is 44.1 Å². The lowest BCUT2D eigenvalue weighted by molar-refractivity contribution is -0.659. The highest BCUT2D eigenvalue weighted by atomic mass is 32.2. The van der Waals surface area contributed by atoms with Crippen molar-refractivity contribution in [3.05, 3.63) is 83.1 Å². The first-order chi connectivity index (χ1) is 21.0. The highest BCUT2D eigenvalue weighted by Gasteiger charge is 2.32. The van der Waals surface area contributed by atoms with Crippen LogP contribution in [0, 0.1) is 19.8 Å². The predicted octanol–water partition coefficient (Wildman–Crippen LogP) is 10.0. The number of aromatic nitrogens is 4. The van der Waals surface area contributed by atoms with Crippen LogP contribution >= 0.6 is 11.8 Å². The first-order valence-corrected chi connectivity index (χ1v) is 16.7. The van der Waals surface area contributed by atoms with Gasteiger partial charge in [-0.05, 0) is 71.0 Å². The predicted molar refractivity (Wildman–Crippen MR) is 185 cm³/mol. The molecule has 0 amide bonds. The van der Waals surface area contributed by atoms with Gasteiger partial charge in [0.2, 0.25) is 5.69 Å². The Morgan fingerprint density at radius 3 is 2.16 bits per heavy atom. The summed E-state index contributed by atoms with van der Waals surface area (Å²) >= 11 is 1.96. The van der Waals surface area contributed by atoms with Crippen LogP contribution in [0.15, 0.2) is 64.5 Å². The van der Waals surface area contributed by atoms with Gasteiger partial charge in [0.25, 0.3) is 0 Å². The second-order valence-electron chi connectivity index (χ2n) is 13.6. The number of pyridine rings is 1. The van der Waals surface area contributed by atoms with E-state index in [4.69, 9.17) is 15.0 Å². The van der Waals surface area contributed by atoms with Crippen LogP contribution in [0.3, 0.4) is 0 Å². The van der Waals surface area contributed by atoms with Gasteiger partial charge in [-0.2, -0.15) is 0 Å². The molecule has 0 radical (unpaired) electrons. The molecule has 0 aliphatic carbocycles. The maximum Gasteiger partial charge on any atom is 0.222 e. The maximum atomic E-state index is 4.93. The summed E-state index contributed by atoms with van der Waals surface area (Å²) in [5.41, 5.74) is 7.90. The highest BCUT2D eigenvalue weighted by molar-refractivity contribution is 8.00. The van der Waals surface area contributed by atoms with Crippen LogP contribution in [0.25, 0.3) is 55.0 Å². The SMILES string of the molecule is Cc1ccc2c(CC(C)C)c3c(c(C)c2c1)-c1c2c(cc4ccc(-c5nc(C(C)C)nc(C(C)C)n5)cc4c2cc[n+]1C)S3. The molecule has 0 atom stereocenters. The molecule has 3 heterocycles. The number of benzene rings is 4. The standard InChI is InChI=1S/C39H41N4S/c1-20(2)16-31-27-13-10-23(7)17-29(27)24(8)33-35-34-28(14-15-43(35)9)30-18-26(12-11-25(30)19-32(34)44-36(31)33)39-41-37(21(3)4)40-38(42-39)22(5)6/h10-15,17-22H,16H2,1-9H3/q+1. The molecule has 1 aliphatic rings. The van der Waals surface area contributed by atoms with E-state index >= 15 is 0 Å². The number of nitrogens with zero attached hydrogens (tertiary/aromatic N) is 4. The molecular formula is C39H41N4S+. The Hall–Kier alpha value is -3.83. The lowest BCUT2D eigenvalue weighted by Crippen LogP contribution is -2.32. The molecule has 5 heteroatoms. The number of fused-ring (bicyclic) bond motifs is 5. The molecule has 4 aromatic carbocycles. The molecule has 222 valence electrons. The molecule has 0 bridgehead atoms. The molecule has 2 aromatic heterocycles. The van der Waals surface area contributed by atoms with Crippen molar-refractivity contribution in [2.45, 2.75) is 83.4 Å². The van der Waals surface area contributed by atoms with Crippen molar-refractivity contribution < 1.29 is 4.57 Å². The van der Waals surface area contributed by atoms with Gasteiger partial charge >= 0.3 is 0 Å². The minimum absolute atomic E-state index is 0.235. The van der Waals surface area contributed by atoms with E-state index in [1.165, 1.54) is 70.1 Å². The third-order valence-corrected chi connectivity index (χ3v) is 10.2. The van der Waals surface area contributed by atoms with Crippen LogP contribution in [-0.4, -0.2) is 15.0 Å². The van der Waals surface area contributed by atoms with Crippen molar-refractivity contribution in [2.75, 3.05) is 0 Å². The minimum Gasteiger partial charge on any atom is -0.217 e. The zero-order chi connectivity index (χ0) is 31.0. The molecule has 44 heavy (non-hydrogen) atoms. The van der Waals surface area contributed by atoms with Crippen LogP contribution in [0.1, 0.15) is 81.7 Å². The van der Waals surface area contributed by atoms with E-state index in [2.05, 4.69) is 122 Å². The first-order valence-electron chi connectivity index (χ1n) is 15.9. The fourth-order valence-electron chi connectivity index (χ4n) is 6.75. The summed E-state index contributed by atoms with van der Waals surface area (Å²) in [6.07, 6.45) is 3.30. The summed E-state index contributed by atoms with van der Waals surface area (Å²) in [7, 11) is 2.20. The van der Waals surface area contributed by atoms with Crippen LogP contribution < -0.4 is 4.57 Å². The number of hydrogen-bond acceptors (Lipinski definition) is 4. The van der Waals surface area contributed by atoms with Gasteiger partial charge in [0, 0.05) is 38.6 Å². The molecule has 0 N–H and O–H groups in total. The van der Waals surface area contributed by atoms with Gasteiger partial charge in [0.05, 0.1) is 10.9 Å². The molecule has 0 saturated carbocycles. The van der Waals surface area contributed by atoms with E-state index in [1.54, 1.807) is 0 Å². The zero-order valence-electron chi connectivity index (χ0n) is 27.3. The first kappa shape index (κ1) is 28.9. The van der Waals surface area contributed by atoms with Gasteiger partial charge in [-0.1, -0.05) is 89.2 Å². The second-order valence-corrected chi connectivity index (χ2v) is 14.7. The summed E-state index contributed by atoms with van der Waals surface area (Å²) < 4.78 is 2.34.